The number of hydrogen-bond donors (Lipinski definition) is 1. The van der Waals surface area contributed by atoms with Crippen LogP contribution in [-0.2, 0) is 0 Å². The van der Waals surface area contributed by atoms with E-state index >= 15 is 0 Å². The molecule has 0 saturated heterocycles. The van der Waals surface area contributed by atoms with Crippen LogP contribution in [0.4, 0.5) is 13.2 Å². The molecule has 1 fully saturated rings. The van der Waals surface area contributed by atoms with Crippen molar-refractivity contribution in [3.8, 4) is 11.5 Å². The second kappa shape index (κ2) is 6.35. The fourth-order valence-corrected chi connectivity index (χ4v) is 1.69. The normalized spacial score (nSPS) is 16.8. The van der Waals surface area contributed by atoms with Crippen LogP contribution in [0.5, 0.6) is 11.5 Å². The molecule has 0 aliphatic heterocycles. The van der Waals surface area contributed by atoms with Gasteiger partial charge in [0.25, 0.3) is 0 Å². The monoisotopic (exact) mass is 289 g/mol. The van der Waals surface area contributed by atoms with Crippen LogP contribution >= 0.6 is 0 Å². The maximum Gasteiger partial charge on any atom is 0.573 e. The van der Waals surface area contributed by atoms with Crippen LogP contribution in [0.15, 0.2) is 24.3 Å². The molecular formula is C14H18F3NO2. The number of ether oxygens (including phenoxy) is 2. The molecule has 1 aliphatic rings. The molecule has 112 valence electrons. The van der Waals surface area contributed by atoms with Crippen LogP contribution in [0.2, 0.25) is 0 Å². The first-order chi connectivity index (χ1) is 9.42. The van der Waals surface area contributed by atoms with Gasteiger partial charge in [0.2, 0.25) is 0 Å². The fraction of sp³-hybridized carbons (Fsp3) is 0.571. The van der Waals surface area contributed by atoms with Crippen LogP contribution in [0, 0.1) is 5.92 Å². The van der Waals surface area contributed by atoms with Gasteiger partial charge in [-0.1, -0.05) is 6.92 Å². The van der Waals surface area contributed by atoms with Crippen LogP contribution in [0.25, 0.3) is 0 Å². The molecule has 1 unspecified atom stereocenters. The largest absolute Gasteiger partial charge is 0.573 e. The molecule has 20 heavy (non-hydrogen) atoms. The lowest BCUT2D eigenvalue weighted by molar-refractivity contribution is -0.274. The summed E-state index contributed by atoms with van der Waals surface area (Å²) in [6.45, 7) is 3.48. The van der Waals surface area contributed by atoms with Crippen molar-refractivity contribution in [3.05, 3.63) is 24.3 Å². The van der Waals surface area contributed by atoms with Gasteiger partial charge in [0.05, 0.1) is 6.61 Å². The Kier molecular flexibility index (Phi) is 4.75. The molecule has 0 radical (unpaired) electrons. The second-order valence-corrected chi connectivity index (χ2v) is 5.12. The van der Waals surface area contributed by atoms with Crippen LogP contribution in [0.1, 0.15) is 19.8 Å². The Morgan fingerprint density at radius 3 is 2.35 bits per heavy atom. The Bertz CT molecular complexity index is 415. The van der Waals surface area contributed by atoms with Gasteiger partial charge in [0, 0.05) is 18.5 Å². The number of alkyl halides is 3. The van der Waals surface area contributed by atoms with E-state index in [-0.39, 0.29) is 5.75 Å². The van der Waals surface area contributed by atoms with Gasteiger partial charge < -0.3 is 14.8 Å². The van der Waals surface area contributed by atoms with E-state index < -0.39 is 6.36 Å². The smallest absolute Gasteiger partial charge is 0.493 e. The van der Waals surface area contributed by atoms with E-state index in [1.165, 1.54) is 37.1 Å². The summed E-state index contributed by atoms with van der Waals surface area (Å²) >= 11 is 0. The van der Waals surface area contributed by atoms with E-state index in [2.05, 4.69) is 17.0 Å². The zero-order chi connectivity index (χ0) is 14.6. The molecule has 1 aromatic carbocycles. The Morgan fingerprint density at radius 2 is 1.80 bits per heavy atom. The van der Waals surface area contributed by atoms with Crippen molar-refractivity contribution < 1.29 is 22.6 Å². The molecule has 1 aromatic rings. The predicted octanol–water partition coefficient (Wildman–Crippen LogP) is 3.35. The molecule has 6 heteroatoms. The van der Waals surface area contributed by atoms with E-state index in [0.717, 1.165) is 6.54 Å². The molecule has 1 atom stereocenters. The summed E-state index contributed by atoms with van der Waals surface area (Å²) in [5.41, 5.74) is 0. The highest BCUT2D eigenvalue weighted by Crippen LogP contribution is 2.25. The van der Waals surface area contributed by atoms with E-state index in [1.54, 1.807) is 0 Å². The number of benzene rings is 1. The van der Waals surface area contributed by atoms with Crippen LogP contribution in [-0.4, -0.2) is 25.6 Å². The zero-order valence-electron chi connectivity index (χ0n) is 11.2. The Morgan fingerprint density at radius 1 is 1.20 bits per heavy atom. The summed E-state index contributed by atoms with van der Waals surface area (Å²) < 4.78 is 45.3. The lowest BCUT2D eigenvalue weighted by Gasteiger charge is -2.14. The van der Waals surface area contributed by atoms with Gasteiger partial charge in [-0.3, -0.25) is 0 Å². The third-order valence-electron chi connectivity index (χ3n) is 2.92. The third kappa shape index (κ3) is 5.69. The van der Waals surface area contributed by atoms with Crippen LogP contribution in [0.3, 0.4) is 0 Å². The maximum absolute atomic E-state index is 12.0. The quantitative estimate of drug-likeness (QED) is 0.835. The molecule has 0 heterocycles. The van der Waals surface area contributed by atoms with E-state index in [0.29, 0.717) is 24.3 Å². The van der Waals surface area contributed by atoms with Crippen molar-refractivity contribution in [1.82, 2.24) is 5.32 Å². The average Bonchev–Trinajstić information content (AvgIpc) is 3.17. The summed E-state index contributed by atoms with van der Waals surface area (Å²) in [6, 6.07) is 6.10. The van der Waals surface area contributed by atoms with Gasteiger partial charge >= 0.3 is 6.36 Å². The minimum absolute atomic E-state index is 0.242. The van der Waals surface area contributed by atoms with Gasteiger partial charge in [-0.05, 0) is 37.1 Å². The summed E-state index contributed by atoms with van der Waals surface area (Å²) in [6.07, 6.45) is -2.17. The van der Waals surface area contributed by atoms with E-state index in [1.807, 2.05) is 0 Å². The van der Waals surface area contributed by atoms with Gasteiger partial charge in [-0.25, -0.2) is 0 Å². The standard InChI is InChI=1S/C14H18F3NO2/c1-10(8-18-11-2-3-11)9-19-12-4-6-13(7-5-12)20-14(15,16)17/h4-7,10-11,18H,2-3,8-9H2,1H3. The molecule has 1 saturated carbocycles. The number of nitrogens with one attached hydrogen (secondary N) is 1. The van der Waals surface area contributed by atoms with Gasteiger partial charge in [0.1, 0.15) is 11.5 Å². The SMILES string of the molecule is CC(CNC1CC1)COc1ccc(OC(F)(F)F)cc1. The third-order valence-corrected chi connectivity index (χ3v) is 2.92. The first-order valence-corrected chi connectivity index (χ1v) is 6.64. The second-order valence-electron chi connectivity index (χ2n) is 5.12. The molecule has 0 bridgehead atoms. The van der Waals surface area contributed by atoms with E-state index in [9.17, 15) is 13.2 Å². The lowest BCUT2D eigenvalue weighted by atomic mass is 10.2. The Hall–Kier alpha value is -1.43. The van der Waals surface area contributed by atoms with Gasteiger partial charge in [-0.2, -0.15) is 0 Å². The van der Waals surface area contributed by atoms with Crippen molar-refractivity contribution in [1.29, 1.82) is 0 Å². The highest BCUT2D eigenvalue weighted by molar-refractivity contribution is 5.31. The summed E-state index contributed by atoms with van der Waals surface area (Å²) in [4.78, 5) is 0. The van der Waals surface area contributed by atoms with Crippen molar-refractivity contribution in [2.75, 3.05) is 13.2 Å². The van der Waals surface area contributed by atoms with Gasteiger partial charge in [-0.15, -0.1) is 13.2 Å². The fourth-order valence-electron chi connectivity index (χ4n) is 1.69. The number of halogens is 3. The molecule has 2 rings (SSSR count). The first kappa shape index (κ1) is 15.0. The van der Waals surface area contributed by atoms with Crippen molar-refractivity contribution >= 4 is 0 Å². The molecule has 0 spiro atoms. The molecule has 1 aliphatic carbocycles. The molecule has 0 amide bonds. The summed E-state index contributed by atoms with van der Waals surface area (Å²) in [7, 11) is 0. The lowest BCUT2D eigenvalue weighted by Crippen LogP contribution is -2.26. The van der Waals surface area contributed by atoms with Crippen molar-refractivity contribution in [2.45, 2.75) is 32.2 Å². The van der Waals surface area contributed by atoms with Crippen molar-refractivity contribution in [2.24, 2.45) is 5.92 Å². The van der Waals surface area contributed by atoms with E-state index in [4.69, 9.17) is 4.74 Å². The minimum atomic E-state index is -4.66. The molecule has 0 aromatic heterocycles. The predicted molar refractivity (Wildman–Crippen MR) is 68.8 cm³/mol. The van der Waals surface area contributed by atoms with Crippen LogP contribution < -0.4 is 14.8 Å². The minimum Gasteiger partial charge on any atom is -0.493 e. The molecular weight excluding hydrogens is 271 g/mol. The number of rotatable bonds is 7. The summed E-state index contributed by atoms with van der Waals surface area (Å²) in [5, 5.41) is 3.40. The highest BCUT2D eigenvalue weighted by atomic mass is 19.4. The number of hydrogen-bond acceptors (Lipinski definition) is 3. The molecule has 1 N–H and O–H groups in total. The Balaban J connectivity index is 1.72. The first-order valence-electron chi connectivity index (χ1n) is 6.64. The average molecular weight is 289 g/mol. The summed E-state index contributed by atoms with van der Waals surface area (Å²) in [5.74, 6) is 0.646. The maximum atomic E-state index is 12.0. The highest BCUT2D eigenvalue weighted by Gasteiger charge is 2.31. The zero-order valence-corrected chi connectivity index (χ0v) is 11.2. The van der Waals surface area contributed by atoms with Gasteiger partial charge in [0.15, 0.2) is 0 Å². The Labute approximate surface area is 116 Å². The topological polar surface area (TPSA) is 30.5 Å². The molecule has 3 nitrogen and oxygen atoms in total. The van der Waals surface area contributed by atoms with Crippen molar-refractivity contribution in [3.63, 3.8) is 0 Å².